The van der Waals surface area contributed by atoms with E-state index in [1.807, 2.05) is 85.6 Å². The third-order valence-electron chi connectivity index (χ3n) is 5.55. The Balaban J connectivity index is 1.70. The van der Waals surface area contributed by atoms with Crippen LogP contribution in [-0.4, -0.2) is 17.7 Å². The molecule has 2 heterocycles. The number of fused-ring (bicyclic) bond motifs is 2. The van der Waals surface area contributed by atoms with Gasteiger partial charge in [0, 0.05) is 5.02 Å². The van der Waals surface area contributed by atoms with Gasteiger partial charge in [0.1, 0.15) is 11.7 Å². The van der Waals surface area contributed by atoms with Gasteiger partial charge in [0.25, 0.3) is 0 Å². The number of carbonyl (C=O) groups excluding carboxylic acids is 1. The Morgan fingerprint density at radius 3 is 2.34 bits per heavy atom. The van der Waals surface area contributed by atoms with Crippen molar-refractivity contribution < 1.29 is 9.53 Å². The van der Waals surface area contributed by atoms with Crippen LogP contribution in [0.2, 0.25) is 5.02 Å². The first-order valence-electron chi connectivity index (χ1n) is 9.55. The number of para-hydroxylation sites is 1. The Hall–Kier alpha value is -3.11. The molecule has 0 bridgehead atoms. The molecule has 0 spiro atoms. The zero-order chi connectivity index (χ0) is 20.1. The summed E-state index contributed by atoms with van der Waals surface area (Å²) in [7, 11) is 0. The normalized spacial score (nSPS) is 20.0. The summed E-state index contributed by atoms with van der Waals surface area (Å²) >= 11 is 6.45. The van der Waals surface area contributed by atoms with Gasteiger partial charge in [-0.25, -0.2) is 5.01 Å². The Morgan fingerprint density at radius 2 is 1.66 bits per heavy atom. The van der Waals surface area contributed by atoms with Crippen LogP contribution in [0.4, 0.5) is 5.69 Å². The first-order chi connectivity index (χ1) is 14.1. The van der Waals surface area contributed by atoms with Gasteiger partial charge in [-0.15, -0.1) is 0 Å². The maximum Gasteiger partial charge on any atom is 0.207 e. The van der Waals surface area contributed by atoms with Crippen molar-refractivity contribution in [2.45, 2.75) is 20.1 Å². The Bertz CT molecular complexity index is 1140. The van der Waals surface area contributed by atoms with E-state index in [0.29, 0.717) is 22.0 Å². The molecule has 29 heavy (non-hydrogen) atoms. The molecule has 2 aliphatic rings. The molecule has 144 valence electrons. The van der Waals surface area contributed by atoms with Gasteiger partial charge in [0.05, 0.1) is 17.0 Å². The Labute approximate surface area is 174 Å². The SMILES string of the molecule is Cc1cc2c(c(C)c1Cl)C(=O)C1C(c3ccccc3)=NN(c3ccccc3)C1O2. The molecule has 5 rings (SSSR count). The van der Waals surface area contributed by atoms with Crippen molar-refractivity contribution in [2.24, 2.45) is 11.0 Å². The molecule has 0 saturated carbocycles. The van der Waals surface area contributed by atoms with Crippen LogP contribution in [0.5, 0.6) is 5.75 Å². The molecule has 0 fully saturated rings. The van der Waals surface area contributed by atoms with Crippen molar-refractivity contribution >= 4 is 28.8 Å². The highest BCUT2D eigenvalue weighted by Crippen LogP contribution is 2.43. The third-order valence-corrected chi connectivity index (χ3v) is 6.13. The fourth-order valence-electron chi connectivity index (χ4n) is 4.12. The van der Waals surface area contributed by atoms with Crippen LogP contribution in [-0.2, 0) is 0 Å². The van der Waals surface area contributed by atoms with Crippen LogP contribution in [0.3, 0.4) is 0 Å². The topological polar surface area (TPSA) is 41.9 Å². The summed E-state index contributed by atoms with van der Waals surface area (Å²) in [6.07, 6.45) is -0.535. The molecule has 0 saturated heterocycles. The van der Waals surface area contributed by atoms with Gasteiger partial charge >= 0.3 is 0 Å². The Kier molecular flexibility index (Phi) is 4.18. The van der Waals surface area contributed by atoms with Crippen LogP contribution < -0.4 is 9.75 Å². The highest BCUT2D eigenvalue weighted by Gasteiger charge is 2.49. The van der Waals surface area contributed by atoms with Crippen molar-refractivity contribution in [3.8, 4) is 5.75 Å². The molecule has 2 unspecified atom stereocenters. The molecule has 0 aliphatic carbocycles. The number of carbonyl (C=O) groups is 1. The van der Waals surface area contributed by atoms with E-state index in [9.17, 15) is 4.79 Å². The monoisotopic (exact) mass is 402 g/mol. The molecule has 3 aromatic rings. The summed E-state index contributed by atoms with van der Waals surface area (Å²) in [5.74, 6) is 0.0420. The minimum atomic E-state index is -0.535. The average Bonchev–Trinajstić information content (AvgIpc) is 3.13. The van der Waals surface area contributed by atoms with E-state index in [-0.39, 0.29) is 5.78 Å². The molecule has 2 aliphatic heterocycles. The lowest BCUT2D eigenvalue weighted by Gasteiger charge is -2.33. The summed E-state index contributed by atoms with van der Waals surface area (Å²) in [6, 6.07) is 21.4. The number of hydrogen-bond acceptors (Lipinski definition) is 4. The third kappa shape index (κ3) is 2.75. The van der Waals surface area contributed by atoms with E-state index >= 15 is 0 Å². The van der Waals surface area contributed by atoms with E-state index in [0.717, 1.165) is 22.4 Å². The maximum absolute atomic E-state index is 13.7. The van der Waals surface area contributed by atoms with E-state index < -0.39 is 12.1 Å². The fraction of sp³-hybridized carbons (Fsp3) is 0.167. The molecule has 3 aromatic carbocycles. The lowest BCUT2D eigenvalue weighted by molar-refractivity contribution is 0.0786. The van der Waals surface area contributed by atoms with Gasteiger partial charge < -0.3 is 4.74 Å². The molecule has 2 atom stereocenters. The lowest BCUT2D eigenvalue weighted by Crippen LogP contribution is -2.46. The lowest BCUT2D eigenvalue weighted by atomic mass is 9.84. The quantitative estimate of drug-likeness (QED) is 0.576. The molecule has 0 radical (unpaired) electrons. The van der Waals surface area contributed by atoms with Crippen LogP contribution >= 0.6 is 11.6 Å². The highest BCUT2D eigenvalue weighted by molar-refractivity contribution is 6.33. The first-order valence-corrected chi connectivity index (χ1v) is 9.93. The molecular weight excluding hydrogens is 384 g/mol. The number of halogens is 1. The van der Waals surface area contributed by atoms with Crippen molar-refractivity contribution in [3.63, 3.8) is 0 Å². The predicted octanol–water partition coefficient (Wildman–Crippen LogP) is 5.40. The van der Waals surface area contributed by atoms with Crippen LogP contribution in [0, 0.1) is 19.8 Å². The number of benzene rings is 3. The van der Waals surface area contributed by atoms with Gasteiger partial charge in [0.15, 0.2) is 5.78 Å². The predicted molar refractivity (Wildman–Crippen MR) is 115 cm³/mol. The van der Waals surface area contributed by atoms with Gasteiger partial charge in [-0.1, -0.05) is 60.1 Å². The second-order valence-corrected chi connectivity index (χ2v) is 7.77. The molecule has 0 aromatic heterocycles. The summed E-state index contributed by atoms with van der Waals surface area (Å²) in [5.41, 5.74) is 4.72. The van der Waals surface area contributed by atoms with E-state index in [1.54, 1.807) is 0 Å². The minimum Gasteiger partial charge on any atom is -0.467 e. The van der Waals surface area contributed by atoms with E-state index in [1.165, 1.54) is 0 Å². The number of Topliss-reactive ketones (excluding diaryl/α,β-unsaturated/α-hetero) is 1. The summed E-state index contributed by atoms with van der Waals surface area (Å²) in [4.78, 5) is 13.7. The van der Waals surface area contributed by atoms with Crippen LogP contribution in [0.1, 0.15) is 27.0 Å². The second-order valence-electron chi connectivity index (χ2n) is 7.39. The maximum atomic E-state index is 13.7. The second kappa shape index (κ2) is 6.75. The number of ether oxygens (including phenoxy) is 1. The molecule has 5 heteroatoms. The Morgan fingerprint density at radius 1 is 1.00 bits per heavy atom. The minimum absolute atomic E-state index is 0.00307. The largest absolute Gasteiger partial charge is 0.467 e. The van der Waals surface area contributed by atoms with Gasteiger partial charge in [-0.3, -0.25) is 4.79 Å². The standard InChI is InChI=1S/C24H19ClN2O2/c1-14-13-18-19(15(2)21(14)25)23(28)20-22(16-9-5-3-6-10-16)26-27(24(20)29-18)17-11-7-4-8-12-17/h3-13,20,24H,1-2H3. The van der Waals surface area contributed by atoms with E-state index in [2.05, 4.69) is 0 Å². The fourth-order valence-corrected chi connectivity index (χ4v) is 4.27. The summed E-state index contributed by atoms with van der Waals surface area (Å²) < 4.78 is 6.39. The molecule has 0 N–H and O–H groups in total. The molecule has 4 nitrogen and oxygen atoms in total. The highest BCUT2D eigenvalue weighted by atomic mass is 35.5. The summed E-state index contributed by atoms with van der Waals surface area (Å²) in [5, 5.41) is 7.27. The number of hydrazone groups is 1. The average molecular weight is 403 g/mol. The van der Waals surface area contributed by atoms with Crippen molar-refractivity contribution in [1.29, 1.82) is 0 Å². The number of ketones is 1. The zero-order valence-corrected chi connectivity index (χ0v) is 16.9. The molecule has 0 amide bonds. The number of hydrogen-bond donors (Lipinski definition) is 0. The number of aryl methyl sites for hydroxylation is 1. The van der Waals surface area contributed by atoms with Crippen molar-refractivity contribution in [3.05, 3.63) is 94.0 Å². The smallest absolute Gasteiger partial charge is 0.207 e. The summed E-state index contributed by atoms with van der Waals surface area (Å²) in [6.45, 7) is 3.80. The van der Waals surface area contributed by atoms with Crippen molar-refractivity contribution in [1.82, 2.24) is 0 Å². The number of nitrogens with zero attached hydrogens (tertiary/aromatic N) is 2. The zero-order valence-electron chi connectivity index (χ0n) is 16.1. The molecular formula is C24H19ClN2O2. The van der Waals surface area contributed by atoms with Gasteiger partial charge in [-0.2, -0.15) is 5.10 Å². The van der Waals surface area contributed by atoms with Crippen LogP contribution in [0.25, 0.3) is 0 Å². The number of anilines is 1. The van der Waals surface area contributed by atoms with Gasteiger partial charge in [-0.05, 0) is 48.7 Å². The van der Waals surface area contributed by atoms with E-state index in [4.69, 9.17) is 21.4 Å². The number of rotatable bonds is 2. The van der Waals surface area contributed by atoms with Crippen LogP contribution in [0.15, 0.2) is 71.8 Å². The van der Waals surface area contributed by atoms with Gasteiger partial charge in [0.2, 0.25) is 6.23 Å². The van der Waals surface area contributed by atoms with Crippen molar-refractivity contribution in [2.75, 3.05) is 5.01 Å². The first kappa shape index (κ1) is 18.0.